The van der Waals surface area contributed by atoms with Crippen LogP contribution in [0.15, 0.2) is 18.2 Å². The van der Waals surface area contributed by atoms with E-state index in [2.05, 4.69) is 31.3 Å². The first-order chi connectivity index (χ1) is 6.73. The van der Waals surface area contributed by atoms with Gasteiger partial charge in [0.05, 0.1) is 11.4 Å². The molecule has 2 heteroatoms. The van der Waals surface area contributed by atoms with Gasteiger partial charge in [-0.15, -0.1) is 0 Å². The average molecular weight is 190 g/mol. The Balaban J connectivity index is 2.53. The number of hydrogen-bond donors (Lipinski definition) is 2. The first-order valence-corrected chi connectivity index (χ1v) is 5.36. The van der Waals surface area contributed by atoms with Crippen LogP contribution in [0.3, 0.4) is 0 Å². The van der Waals surface area contributed by atoms with E-state index in [9.17, 15) is 0 Å². The van der Waals surface area contributed by atoms with Gasteiger partial charge in [-0.25, -0.2) is 0 Å². The minimum Gasteiger partial charge on any atom is -0.397 e. The van der Waals surface area contributed by atoms with Crippen LogP contribution >= 0.6 is 0 Å². The topological polar surface area (TPSA) is 38.0 Å². The minimum absolute atomic E-state index is 0.310. The molecular formula is C12H18N2. The summed E-state index contributed by atoms with van der Waals surface area (Å²) in [5.41, 5.74) is 9.70. The molecule has 1 heterocycles. The quantitative estimate of drug-likeness (QED) is 0.704. The summed E-state index contributed by atoms with van der Waals surface area (Å²) in [5.74, 6) is 0. The number of benzene rings is 1. The Hall–Kier alpha value is -1.18. The molecule has 76 valence electrons. The molecule has 0 saturated carbocycles. The monoisotopic (exact) mass is 190 g/mol. The second-order valence-electron chi connectivity index (χ2n) is 4.11. The van der Waals surface area contributed by atoms with E-state index in [1.807, 2.05) is 6.07 Å². The molecular weight excluding hydrogens is 172 g/mol. The van der Waals surface area contributed by atoms with Gasteiger partial charge in [-0.2, -0.15) is 0 Å². The van der Waals surface area contributed by atoms with Gasteiger partial charge in [-0.1, -0.05) is 26.0 Å². The standard InChI is InChI=1S/C12H18N2/c1-3-12(4-2)8-14-11-9(12)6-5-7-10(11)13/h5-7,14H,3-4,8,13H2,1-2H3. The lowest BCUT2D eigenvalue weighted by Crippen LogP contribution is -2.26. The molecule has 2 nitrogen and oxygen atoms in total. The summed E-state index contributed by atoms with van der Waals surface area (Å²) in [4.78, 5) is 0. The van der Waals surface area contributed by atoms with Crippen molar-refractivity contribution in [3.8, 4) is 0 Å². The fourth-order valence-electron chi connectivity index (χ4n) is 2.44. The van der Waals surface area contributed by atoms with Crippen molar-refractivity contribution in [2.45, 2.75) is 32.1 Å². The minimum atomic E-state index is 0.310. The normalized spacial score (nSPS) is 17.6. The highest BCUT2D eigenvalue weighted by atomic mass is 15.0. The van der Waals surface area contributed by atoms with Crippen molar-refractivity contribution in [3.63, 3.8) is 0 Å². The van der Waals surface area contributed by atoms with E-state index in [-0.39, 0.29) is 0 Å². The number of fused-ring (bicyclic) bond motifs is 1. The van der Waals surface area contributed by atoms with Crippen molar-refractivity contribution in [2.24, 2.45) is 0 Å². The predicted octanol–water partition coefficient (Wildman–Crippen LogP) is 2.75. The number of anilines is 2. The molecule has 0 fully saturated rings. The zero-order valence-corrected chi connectivity index (χ0v) is 8.93. The molecule has 0 spiro atoms. The lowest BCUT2D eigenvalue weighted by atomic mass is 9.77. The lowest BCUT2D eigenvalue weighted by Gasteiger charge is -2.26. The highest BCUT2D eigenvalue weighted by Crippen LogP contribution is 2.43. The molecule has 0 radical (unpaired) electrons. The van der Waals surface area contributed by atoms with Crippen LogP contribution in [0.1, 0.15) is 32.3 Å². The molecule has 2 rings (SSSR count). The molecule has 1 aliphatic heterocycles. The van der Waals surface area contributed by atoms with Crippen molar-refractivity contribution >= 4 is 11.4 Å². The zero-order valence-electron chi connectivity index (χ0n) is 8.93. The van der Waals surface area contributed by atoms with E-state index in [0.29, 0.717) is 5.41 Å². The van der Waals surface area contributed by atoms with Crippen molar-refractivity contribution in [3.05, 3.63) is 23.8 Å². The second-order valence-corrected chi connectivity index (χ2v) is 4.11. The SMILES string of the molecule is CCC1(CC)CNc2c(N)cccc21. The number of hydrogen-bond acceptors (Lipinski definition) is 2. The molecule has 0 unspecified atom stereocenters. The summed E-state index contributed by atoms with van der Waals surface area (Å²) >= 11 is 0. The van der Waals surface area contributed by atoms with Crippen LogP contribution in [-0.4, -0.2) is 6.54 Å². The number of nitrogens with one attached hydrogen (secondary N) is 1. The molecule has 3 N–H and O–H groups in total. The largest absolute Gasteiger partial charge is 0.397 e. The van der Waals surface area contributed by atoms with Crippen LogP contribution in [0, 0.1) is 0 Å². The van der Waals surface area contributed by atoms with E-state index in [1.54, 1.807) is 0 Å². The summed E-state index contributed by atoms with van der Waals surface area (Å²) in [6.07, 6.45) is 2.35. The first-order valence-electron chi connectivity index (χ1n) is 5.36. The summed E-state index contributed by atoms with van der Waals surface area (Å²) < 4.78 is 0. The van der Waals surface area contributed by atoms with Gasteiger partial charge in [0.2, 0.25) is 0 Å². The summed E-state index contributed by atoms with van der Waals surface area (Å²) in [6.45, 7) is 5.54. The molecule has 1 aromatic rings. The van der Waals surface area contributed by atoms with Crippen LogP contribution in [0.25, 0.3) is 0 Å². The first kappa shape index (κ1) is 9.38. The van der Waals surface area contributed by atoms with Crippen LogP contribution in [0.5, 0.6) is 0 Å². The number of rotatable bonds is 2. The molecule has 0 bridgehead atoms. The van der Waals surface area contributed by atoms with Crippen molar-refractivity contribution in [1.82, 2.24) is 0 Å². The van der Waals surface area contributed by atoms with Gasteiger partial charge in [0, 0.05) is 12.0 Å². The van der Waals surface area contributed by atoms with Crippen LogP contribution in [0.4, 0.5) is 11.4 Å². The molecule has 0 amide bonds. The van der Waals surface area contributed by atoms with Crippen molar-refractivity contribution in [2.75, 3.05) is 17.6 Å². The average Bonchev–Trinajstić information content (AvgIpc) is 2.59. The lowest BCUT2D eigenvalue weighted by molar-refractivity contribution is 0.437. The zero-order chi connectivity index (χ0) is 10.2. The van der Waals surface area contributed by atoms with Gasteiger partial charge < -0.3 is 11.1 Å². The highest BCUT2D eigenvalue weighted by Gasteiger charge is 2.36. The Morgan fingerprint density at radius 2 is 2.07 bits per heavy atom. The Kier molecular flexibility index (Phi) is 2.14. The maximum Gasteiger partial charge on any atom is 0.0613 e. The van der Waals surface area contributed by atoms with Gasteiger partial charge in [0.25, 0.3) is 0 Å². The smallest absolute Gasteiger partial charge is 0.0613 e. The van der Waals surface area contributed by atoms with Gasteiger partial charge in [-0.05, 0) is 24.5 Å². The maximum absolute atomic E-state index is 5.94. The van der Waals surface area contributed by atoms with Crippen molar-refractivity contribution in [1.29, 1.82) is 0 Å². The third kappa shape index (κ3) is 1.10. The molecule has 0 aliphatic carbocycles. The molecule has 1 aliphatic rings. The Morgan fingerprint density at radius 3 is 2.71 bits per heavy atom. The number of para-hydroxylation sites is 1. The summed E-state index contributed by atoms with van der Waals surface area (Å²) in [7, 11) is 0. The third-order valence-electron chi connectivity index (χ3n) is 3.63. The van der Waals surface area contributed by atoms with Crippen LogP contribution in [-0.2, 0) is 5.41 Å². The maximum atomic E-state index is 5.94. The van der Waals surface area contributed by atoms with E-state index < -0.39 is 0 Å². The van der Waals surface area contributed by atoms with Crippen LogP contribution in [0.2, 0.25) is 0 Å². The van der Waals surface area contributed by atoms with Crippen LogP contribution < -0.4 is 11.1 Å². The predicted molar refractivity (Wildman–Crippen MR) is 61.6 cm³/mol. The molecule has 0 aromatic heterocycles. The molecule has 0 atom stereocenters. The number of nitrogens with two attached hydrogens (primary N) is 1. The Bertz CT molecular complexity index is 340. The fourth-order valence-corrected chi connectivity index (χ4v) is 2.44. The second kappa shape index (κ2) is 3.19. The van der Waals surface area contributed by atoms with E-state index in [4.69, 9.17) is 5.73 Å². The van der Waals surface area contributed by atoms with Crippen molar-refractivity contribution < 1.29 is 0 Å². The fraction of sp³-hybridized carbons (Fsp3) is 0.500. The van der Waals surface area contributed by atoms with E-state index >= 15 is 0 Å². The Labute approximate surface area is 85.5 Å². The Morgan fingerprint density at radius 1 is 1.36 bits per heavy atom. The molecule has 1 aromatic carbocycles. The van der Waals surface area contributed by atoms with Gasteiger partial charge in [-0.3, -0.25) is 0 Å². The van der Waals surface area contributed by atoms with Gasteiger partial charge >= 0.3 is 0 Å². The highest BCUT2D eigenvalue weighted by molar-refractivity contribution is 5.75. The van der Waals surface area contributed by atoms with Gasteiger partial charge in [0.1, 0.15) is 0 Å². The summed E-state index contributed by atoms with van der Waals surface area (Å²) in [5, 5.41) is 3.44. The summed E-state index contributed by atoms with van der Waals surface area (Å²) in [6, 6.07) is 6.23. The van der Waals surface area contributed by atoms with Gasteiger partial charge in [0.15, 0.2) is 0 Å². The third-order valence-corrected chi connectivity index (χ3v) is 3.63. The molecule has 0 saturated heterocycles. The number of nitrogen functional groups attached to an aromatic ring is 1. The van der Waals surface area contributed by atoms with E-state index in [1.165, 1.54) is 18.4 Å². The van der Waals surface area contributed by atoms with E-state index in [0.717, 1.165) is 17.9 Å². The molecule has 14 heavy (non-hydrogen) atoms.